The Labute approximate surface area is 119 Å². The van der Waals surface area contributed by atoms with Gasteiger partial charge in [-0.1, -0.05) is 6.58 Å². The second-order valence-corrected chi connectivity index (χ2v) is 5.31. The van der Waals surface area contributed by atoms with E-state index in [1.807, 2.05) is 0 Å². The molecule has 0 amide bonds. The number of carbonyl (C=O) groups is 1. The lowest BCUT2D eigenvalue weighted by Gasteiger charge is -2.16. The minimum Gasteiger partial charge on any atom is -0.460 e. The second kappa shape index (κ2) is 11.0. The van der Waals surface area contributed by atoms with Gasteiger partial charge in [-0.25, -0.2) is 9.36 Å². The molecule has 0 rings (SSSR count). The molecule has 0 bridgehead atoms. The fraction of sp³-hybridized carbons (Fsp3) is 0.750. The van der Waals surface area contributed by atoms with E-state index < -0.39 is 13.8 Å². The Morgan fingerprint density at radius 2 is 1.55 bits per heavy atom. The van der Waals surface area contributed by atoms with Gasteiger partial charge in [-0.2, -0.15) is 0 Å². The molecule has 0 aliphatic carbocycles. The van der Waals surface area contributed by atoms with Gasteiger partial charge >= 0.3 is 13.8 Å². The molecule has 0 spiro atoms. The Balaban J connectivity index is 3.67. The van der Waals surface area contributed by atoms with Gasteiger partial charge in [0.1, 0.15) is 6.61 Å². The quantitative estimate of drug-likeness (QED) is 0.237. The smallest absolute Gasteiger partial charge is 0.460 e. The van der Waals surface area contributed by atoms with Crippen molar-refractivity contribution in [3.63, 3.8) is 0 Å². The Morgan fingerprint density at radius 3 is 2.05 bits per heavy atom. The largest absolute Gasteiger partial charge is 0.474 e. The highest BCUT2D eigenvalue weighted by Gasteiger charge is 2.24. The molecule has 0 saturated heterocycles. The topological polar surface area (TPSA) is 80.3 Å². The number of phosphoric acid groups is 1. The van der Waals surface area contributed by atoms with E-state index in [0.717, 1.165) is 0 Å². The van der Waals surface area contributed by atoms with Crippen molar-refractivity contribution in [2.45, 2.75) is 20.8 Å². The monoisotopic (exact) mass is 310 g/mol. The molecule has 0 unspecified atom stereocenters. The number of esters is 1. The number of hydrogen-bond donors (Lipinski definition) is 0. The number of rotatable bonds is 12. The summed E-state index contributed by atoms with van der Waals surface area (Å²) in [6.07, 6.45) is 0. The number of ether oxygens (including phenoxy) is 2. The molecular weight excluding hydrogens is 287 g/mol. The third-order valence-electron chi connectivity index (χ3n) is 1.86. The molecule has 0 aromatic rings. The van der Waals surface area contributed by atoms with Crippen molar-refractivity contribution in [2.75, 3.05) is 39.6 Å². The van der Waals surface area contributed by atoms with Crippen LogP contribution in [0.3, 0.4) is 0 Å². The number of phosphoric ester groups is 1. The van der Waals surface area contributed by atoms with Gasteiger partial charge in [-0.05, 0) is 20.8 Å². The molecule has 7 nitrogen and oxygen atoms in total. The van der Waals surface area contributed by atoms with Crippen molar-refractivity contribution in [2.24, 2.45) is 0 Å². The van der Waals surface area contributed by atoms with Gasteiger partial charge in [0.15, 0.2) is 0 Å². The minimum atomic E-state index is -3.48. The molecule has 0 fully saturated rings. The van der Waals surface area contributed by atoms with Gasteiger partial charge in [-0.15, -0.1) is 0 Å². The summed E-state index contributed by atoms with van der Waals surface area (Å²) in [6, 6.07) is 0. The molecule has 0 aliphatic rings. The molecule has 0 saturated carbocycles. The third kappa shape index (κ3) is 9.23. The predicted octanol–water partition coefficient (Wildman–Crippen LogP) is 2.32. The van der Waals surface area contributed by atoms with Crippen LogP contribution in [0.1, 0.15) is 20.8 Å². The average molecular weight is 310 g/mol. The summed E-state index contributed by atoms with van der Waals surface area (Å²) >= 11 is 0. The normalized spacial score (nSPS) is 11.3. The number of hydrogen-bond acceptors (Lipinski definition) is 7. The van der Waals surface area contributed by atoms with Crippen LogP contribution in [0.25, 0.3) is 0 Å². The van der Waals surface area contributed by atoms with Crippen molar-refractivity contribution >= 4 is 13.8 Å². The molecular formula is C12H23O7P. The zero-order valence-corrected chi connectivity index (χ0v) is 13.1. The van der Waals surface area contributed by atoms with Crippen LogP contribution >= 0.6 is 7.82 Å². The van der Waals surface area contributed by atoms with Gasteiger partial charge in [-0.3, -0.25) is 13.6 Å². The minimum absolute atomic E-state index is 0.0612. The first-order valence-corrected chi connectivity index (χ1v) is 7.85. The Hall–Kier alpha value is -0.720. The van der Waals surface area contributed by atoms with E-state index >= 15 is 0 Å². The maximum absolute atomic E-state index is 11.9. The van der Waals surface area contributed by atoms with Crippen molar-refractivity contribution in [1.82, 2.24) is 0 Å². The SMILES string of the molecule is C=C(C)C(=O)OCCOCCOP(=O)(OCC)OCC. The van der Waals surface area contributed by atoms with Crippen LogP contribution in [0, 0.1) is 0 Å². The van der Waals surface area contributed by atoms with Crippen LogP contribution in [0.15, 0.2) is 12.2 Å². The maximum atomic E-state index is 11.9. The first kappa shape index (κ1) is 19.3. The van der Waals surface area contributed by atoms with Gasteiger partial charge in [0.25, 0.3) is 0 Å². The molecule has 0 radical (unpaired) electrons. The standard InChI is InChI=1S/C12H23O7P/c1-5-17-20(14,18-6-2)19-10-8-15-7-9-16-12(13)11(3)4/h3,5-10H2,1-2,4H3. The fourth-order valence-electron chi connectivity index (χ4n) is 1.05. The zero-order valence-electron chi connectivity index (χ0n) is 12.3. The molecule has 0 aliphatic heterocycles. The summed E-state index contributed by atoms with van der Waals surface area (Å²) in [5.74, 6) is -0.456. The van der Waals surface area contributed by atoms with Crippen LogP contribution < -0.4 is 0 Å². The molecule has 0 aromatic carbocycles. The van der Waals surface area contributed by atoms with E-state index in [4.69, 9.17) is 23.0 Å². The summed E-state index contributed by atoms with van der Waals surface area (Å²) in [7, 11) is -3.48. The van der Waals surface area contributed by atoms with Crippen LogP contribution in [0.2, 0.25) is 0 Å². The highest BCUT2D eigenvalue weighted by Crippen LogP contribution is 2.48. The molecule has 0 heterocycles. The Morgan fingerprint density at radius 1 is 1.00 bits per heavy atom. The van der Waals surface area contributed by atoms with E-state index in [2.05, 4.69) is 6.58 Å². The van der Waals surface area contributed by atoms with Crippen molar-refractivity contribution in [3.8, 4) is 0 Å². The van der Waals surface area contributed by atoms with Crippen molar-refractivity contribution in [1.29, 1.82) is 0 Å². The highest BCUT2D eigenvalue weighted by molar-refractivity contribution is 7.48. The van der Waals surface area contributed by atoms with E-state index in [-0.39, 0.29) is 39.6 Å². The molecule has 20 heavy (non-hydrogen) atoms. The van der Waals surface area contributed by atoms with Gasteiger partial charge in [0.05, 0.1) is 33.0 Å². The zero-order chi connectivity index (χ0) is 15.4. The molecule has 8 heteroatoms. The van der Waals surface area contributed by atoms with E-state index in [1.54, 1.807) is 20.8 Å². The van der Waals surface area contributed by atoms with Gasteiger partial charge in [0, 0.05) is 5.57 Å². The van der Waals surface area contributed by atoms with Crippen molar-refractivity contribution < 1.29 is 32.4 Å². The Bertz CT molecular complexity index is 333. The maximum Gasteiger partial charge on any atom is 0.474 e. The summed E-state index contributed by atoms with van der Waals surface area (Å²) in [5.41, 5.74) is 0.336. The van der Waals surface area contributed by atoms with Crippen LogP contribution in [-0.4, -0.2) is 45.6 Å². The van der Waals surface area contributed by atoms with E-state index in [9.17, 15) is 9.36 Å². The first-order chi connectivity index (χ1) is 9.45. The lowest BCUT2D eigenvalue weighted by molar-refractivity contribution is -0.140. The summed E-state index contributed by atoms with van der Waals surface area (Å²) in [5, 5.41) is 0. The fourth-order valence-corrected chi connectivity index (χ4v) is 2.21. The summed E-state index contributed by atoms with van der Waals surface area (Å²) < 4.78 is 36.7. The lowest BCUT2D eigenvalue weighted by Crippen LogP contribution is -2.13. The molecule has 0 atom stereocenters. The van der Waals surface area contributed by atoms with Crippen LogP contribution in [-0.2, 0) is 32.4 Å². The molecule has 0 N–H and O–H groups in total. The third-order valence-corrected chi connectivity index (χ3v) is 3.51. The first-order valence-electron chi connectivity index (χ1n) is 6.39. The lowest BCUT2D eigenvalue weighted by atomic mass is 10.4. The Kier molecular flexibility index (Phi) is 10.6. The number of carbonyl (C=O) groups excluding carboxylic acids is 1. The highest BCUT2D eigenvalue weighted by atomic mass is 31.2. The van der Waals surface area contributed by atoms with Gasteiger partial charge < -0.3 is 9.47 Å². The van der Waals surface area contributed by atoms with Crippen LogP contribution in [0.4, 0.5) is 0 Å². The van der Waals surface area contributed by atoms with E-state index in [0.29, 0.717) is 5.57 Å². The van der Waals surface area contributed by atoms with Crippen molar-refractivity contribution in [3.05, 3.63) is 12.2 Å². The summed E-state index contributed by atoms with van der Waals surface area (Å²) in [4.78, 5) is 11.0. The van der Waals surface area contributed by atoms with Gasteiger partial charge in [0.2, 0.25) is 0 Å². The van der Waals surface area contributed by atoms with E-state index in [1.165, 1.54) is 0 Å². The summed E-state index contributed by atoms with van der Waals surface area (Å²) in [6.45, 7) is 9.46. The molecule has 118 valence electrons. The second-order valence-electron chi connectivity index (χ2n) is 3.64. The molecule has 0 aromatic heterocycles. The average Bonchev–Trinajstić information content (AvgIpc) is 2.37. The van der Waals surface area contributed by atoms with Crippen LogP contribution in [0.5, 0.6) is 0 Å². The predicted molar refractivity (Wildman–Crippen MR) is 73.4 cm³/mol.